The lowest BCUT2D eigenvalue weighted by atomic mass is 9.77. The molecule has 0 unspecified atom stereocenters. The lowest BCUT2D eigenvalue weighted by molar-refractivity contribution is -0.140. The molecule has 2 saturated heterocycles. The van der Waals surface area contributed by atoms with Gasteiger partial charge in [-0.05, 0) is 48.8 Å². The quantitative estimate of drug-likeness (QED) is 0.828. The van der Waals surface area contributed by atoms with Crippen LogP contribution in [-0.2, 0) is 16.0 Å². The molecule has 26 heavy (non-hydrogen) atoms. The highest BCUT2D eigenvalue weighted by Gasteiger charge is 2.35. The molecule has 3 heterocycles. The predicted molar refractivity (Wildman–Crippen MR) is 96.0 cm³/mol. The Bertz CT molecular complexity index is 720. The van der Waals surface area contributed by atoms with Crippen molar-refractivity contribution in [2.75, 3.05) is 33.0 Å². The highest BCUT2D eigenvalue weighted by molar-refractivity contribution is 5.86. The van der Waals surface area contributed by atoms with Gasteiger partial charge in [-0.2, -0.15) is 0 Å². The van der Waals surface area contributed by atoms with Crippen molar-refractivity contribution >= 4 is 11.8 Å². The van der Waals surface area contributed by atoms with Gasteiger partial charge in [0, 0.05) is 26.1 Å². The van der Waals surface area contributed by atoms with Gasteiger partial charge < -0.3 is 19.3 Å². The van der Waals surface area contributed by atoms with Crippen LogP contribution in [0.3, 0.4) is 0 Å². The van der Waals surface area contributed by atoms with Crippen molar-refractivity contribution in [3.8, 4) is 11.5 Å². The third-order valence-electron chi connectivity index (χ3n) is 5.70. The zero-order valence-electron chi connectivity index (χ0n) is 15.3. The monoisotopic (exact) mass is 358 g/mol. The van der Waals surface area contributed by atoms with Crippen LogP contribution in [0.2, 0.25) is 0 Å². The van der Waals surface area contributed by atoms with Gasteiger partial charge >= 0.3 is 0 Å². The molecule has 3 aliphatic rings. The van der Waals surface area contributed by atoms with Gasteiger partial charge in [-0.25, -0.2) is 0 Å². The number of nitrogens with zero attached hydrogens (tertiary/aromatic N) is 2. The van der Waals surface area contributed by atoms with Gasteiger partial charge in [0.1, 0.15) is 0 Å². The molecule has 140 valence electrons. The van der Waals surface area contributed by atoms with Crippen LogP contribution in [0.5, 0.6) is 11.5 Å². The molecule has 0 bridgehead atoms. The second-order valence-electron chi connectivity index (χ2n) is 8.01. The first kappa shape index (κ1) is 17.2. The smallest absolute Gasteiger partial charge is 0.242 e. The SMILES string of the molecule is C[C@@]1(Cc2ccc3c(c2)OCO3)CCCN(C(=O)CN2CCCC2=O)C1. The van der Waals surface area contributed by atoms with Crippen LogP contribution in [0.4, 0.5) is 0 Å². The third-order valence-corrected chi connectivity index (χ3v) is 5.70. The maximum atomic E-state index is 12.7. The minimum atomic E-state index is 0.0383. The van der Waals surface area contributed by atoms with Crippen LogP contribution < -0.4 is 9.47 Å². The molecule has 3 aliphatic heterocycles. The Morgan fingerprint density at radius 1 is 1.19 bits per heavy atom. The largest absolute Gasteiger partial charge is 0.454 e. The molecule has 2 fully saturated rings. The Morgan fingerprint density at radius 3 is 2.85 bits per heavy atom. The zero-order valence-corrected chi connectivity index (χ0v) is 15.3. The topological polar surface area (TPSA) is 59.1 Å². The average molecular weight is 358 g/mol. The molecule has 1 aromatic rings. The standard InChI is InChI=1S/C20H26N2O4/c1-20(11-15-5-6-16-17(10-15)26-14-25-16)7-3-9-22(13-20)19(24)12-21-8-2-4-18(21)23/h5-6,10H,2-4,7-9,11-14H2,1H3/t20-/m0/s1. The zero-order chi connectivity index (χ0) is 18.1. The minimum Gasteiger partial charge on any atom is -0.454 e. The van der Waals surface area contributed by atoms with E-state index in [0.29, 0.717) is 13.0 Å². The van der Waals surface area contributed by atoms with Gasteiger partial charge in [-0.3, -0.25) is 9.59 Å². The summed E-state index contributed by atoms with van der Waals surface area (Å²) in [5, 5.41) is 0. The normalized spacial score (nSPS) is 25.0. The lowest BCUT2D eigenvalue weighted by Crippen LogP contribution is -2.49. The number of ether oxygens (including phenoxy) is 2. The van der Waals surface area contributed by atoms with Crippen LogP contribution in [0, 0.1) is 5.41 Å². The highest BCUT2D eigenvalue weighted by Crippen LogP contribution is 2.37. The van der Waals surface area contributed by atoms with Crippen molar-refractivity contribution in [1.29, 1.82) is 0 Å². The van der Waals surface area contributed by atoms with Crippen molar-refractivity contribution in [2.45, 2.75) is 39.0 Å². The van der Waals surface area contributed by atoms with Crippen molar-refractivity contribution in [3.63, 3.8) is 0 Å². The molecule has 6 nitrogen and oxygen atoms in total. The van der Waals surface area contributed by atoms with E-state index in [1.54, 1.807) is 4.90 Å². The summed E-state index contributed by atoms with van der Waals surface area (Å²) < 4.78 is 10.9. The summed E-state index contributed by atoms with van der Waals surface area (Å²) in [5.74, 6) is 1.80. The van der Waals surface area contributed by atoms with Gasteiger partial charge in [0.05, 0.1) is 6.54 Å². The van der Waals surface area contributed by atoms with Crippen LogP contribution >= 0.6 is 0 Å². The Kier molecular flexibility index (Phi) is 4.51. The van der Waals surface area contributed by atoms with E-state index in [2.05, 4.69) is 19.1 Å². The summed E-state index contributed by atoms with van der Waals surface area (Å²) >= 11 is 0. The van der Waals surface area contributed by atoms with E-state index in [1.807, 2.05) is 11.0 Å². The van der Waals surface area contributed by atoms with Gasteiger partial charge in [-0.1, -0.05) is 13.0 Å². The number of carbonyl (C=O) groups excluding carboxylic acids is 2. The Balaban J connectivity index is 1.40. The van der Waals surface area contributed by atoms with Crippen LogP contribution in [0.15, 0.2) is 18.2 Å². The fraction of sp³-hybridized carbons (Fsp3) is 0.600. The van der Waals surface area contributed by atoms with Gasteiger partial charge in [-0.15, -0.1) is 0 Å². The first-order valence-electron chi connectivity index (χ1n) is 9.47. The molecule has 0 spiro atoms. The molecule has 0 aromatic heterocycles. The molecule has 1 atom stereocenters. The van der Waals surface area contributed by atoms with Gasteiger partial charge in [0.25, 0.3) is 0 Å². The molecule has 1 aromatic carbocycles. The summed E-state index contributed by atoms with van der Waals surface area (Å²) in [4.78, 5) is 28.1. The fourth-order valence-electron chi connectivity index (χ4n) is 4.35. The van der Waals surface area contributed by atoms with E-state index >= 15 is 0 Å². The highest BCUT2D eigenvalue weighted by atomic mass is 16.7. The molecular formula is C20H26N2O4. The van der Waals surface area contributed by atoms with Crippen LogP contribution in [-0.4, -0.2) is 54.6 Å². The Labute approximate surface area is 154 Å². The number of fused-ring (bicyclic) bond motifs is 1. The van der Waals surface area contributed by atoms with E-state index < -0.39 is 0 Å². The summed E-state index contributed by atoms with van der Waals surface area (Å²) in [6.45, 7) is 5.01. The van der Waals surface area contributed by atoms with E-state index in [4.69, 9.17) is 9.47 Å². The number of likely N-dealkylation sites (tertiary alicyclic amines) is 2. The minimum absolute atomic E-state index is 0.0383. The second-order valence-corrected chi connectivity index (χ2v) is 8.01. The maximum Gasteiger partial charge on any atom is 0.242 e. The first-order chi connectivity index (χ1) is 12.5. The molecule has 2 amide bonds. The number of carbonyl (C=O) groups is 2. The fourth-order valence-corrected chi connectivity index (χ4v) is 4.35. The van der Waals surface area contributed by atoms with E-state index in [1.165, 1.54) is 5.56 Å². The molecular weight excluding hydrogens is 332 g/mol. The number of hydrogen-bond acceptors (Lipinski definition) is 4. The first-order valence-corrected chi connectivity index (χ1v) is 9.47. The van der Waals surface area contributed by atoms with E-state index in [-0.39, 0.29) is 30.6 Å². The van der Waals surface area contributed by atoms with Crippen molar-refractivity contribution in [3.05, 3.63) is 23.8 Å². The molecule has 0 saturated carbocycles. The third kappa shape index (κ3) is 3.50. The Hall–Kier alpha value is -2.24. The number of hydrogen-bond donors (Lipinski definition) is 0. The molecule has 0 N–H and O–H groups in total. The Morgan fingerprint density at radius 2 is 2.04 bits per heavy atom. The second kappa shape index (κ2) is 6.82. The molecule has 0 radical (unpaired) electrons. The molecule has 0 aliphatic carbocycles. The number of benzene rings is 1. The summed E-state index contributed by atoms with van der Waals surface area (Å²) in [6.07, 6.45) is 4.44. The summed E-state index contributed by atoms with van der Waals surface area (Å²) in [7, 11) is 0. The van der Waals surface area contributed by atoms with Crippen molar-refractivity contribution < 1.29 is 19.1 Å². The summed E-state index contributed by atoms with van der Waals surface area (Å²) in [6, 6.07) is 6.10. The lowest BCUT2D eigenvalue weighted by Gasteiger charge is -2.41. The van der Waals surface area contributed by atoms with Gasteiger partial charge in [0.15, 0.2) is 11.5 Å². The number of piperidine rings is 1. The average Bonchev–Trinajstić information content (AvgIpc) is 3.23. The number of amides is 2. The van der Waals surface area contributed by atoms with Crippen LogP contribution in [0.1, 0.15) is 38.2 Å². The van der Waals surface area contributed by atoms with E-state index in [9.17, 15) is 9.59 Å². The molecule has 4 rings (SSSR count). The predicted octanol–water partition coefficient (Wildman–Crippen LogP) is 2.21. The van der Waals surface area contributed by atoms with E-state index in [0.717, 1.165) is 50.3 Å². The maximum absolute atomic E-state index is 12.7. The number of rotatable bonds is 4. The van der Waals surface area contributed by atoms with Crippen molar-refractivity contribution in [1.82, 2.24) is 9.80 Å². The molecule has 6 heteroatoms. The van der Waals surface area contributed by atoms with Crippen LogP contribution in [0.25, 0.3) is 0 Å². The summed E-state index contributed by atoms with van der Waals surface area (Å²) in [5.41, 5.74) is 1.25. The van der Waals surface area contributed by atoms with Gasteiger partial charge in [0.2, 0.25) is 18.6 Å². The van der Waals surface area contributed by atoms with Crippen molar-refractivity contribution in [2.24, 2.45) is 5.41 Å².